The number of nitrogens with zero attached hydrogens (tertiary/aromatic N) is 1. The van der Waals surface area contributed by atoms with Gasteiger partial charge in [0.15, 0.2) is 5.76 Å². The SMILES string of the molecule is Oc1ccc(Br)cc1[C@H]1CC(c2ccccc2)=N[C@H](c2ccco2)[NH2+]1. The zero-order valence-electron chi connectivity index (χ0n) is 13.5. The molecule has 0 saturated carbocycles. The lowest BCUT2D eigenvalue weighted by Crippen LogP contribution is -2.87. The van der Waals surface area contributed by atoms with E-state index in [4.69, 9.17) is 9.41 Å². The van der Waals surface area contributed by atoms with Crippen LogP contribution in [0, 0.1) is 0 Å². The summed E-state index contributed by atoms with van der Waals surface area (Å²) in [5.41, 5.74) is 3.02. The van der Waals surface area contributed by atoms with Crippen LogP contribution in [0.2, 0.25) is 0 Å². The van der Waals surface area contributed by atoms with Crippen molar-refractivity contribution in [1.29, 1.82) is 0 Å². The number of quaternary nitrogens is 1. The lowest BCUT2D eigenvalue weighted by Gasteiger charge is -2.26. The van der Waals surface area contributed by atoms with E-state index < -0.39 is 0 Å². The number of rotatable bonds is 3. The molecule has 1 aliphatic rings. The molecule has 4 rings (SSSR count). The highest BCUT2D eigenvalue weighted by atomic mass is 79.9. The largest absolute Gasteiger partial charge is 0.507 e. The first-order chi connectivity index (χ1) is 12.2. The van der Waals surface area contributed by atoms with Crippen molar-refractivity contribution in [1.82, 2.24) is 0 Å². The minimum absolute atomic E-state index is 0.0558. The van der Waals surface area contributed by atoms with E-state index in [-0.39, 0.29) is 12.2 Å². The molecule has 5 heteroatoms. The van der Waals surface area contributed by atoms with Crippen molar-refractivity contribution in [3.8, 4) is 5.75 Å². The van der Waals surface area contributed by atoms with E-state index in [1.165, 1.54) is 0 Å². The van der Waals surface area contributed by atoms with Gasteiger partial charge in [-0.05, 0) is 35.9 Å². The van der Waals surface area contributed by atoms with Gasteiger partial charge in [-0.1, -0.05) is 46.3 Å². The summed E-state index contributed by atoms with van der Waals surface area (Å²) in [6.07, 6.45) is 2.24. The molecule has 2 atom stereocenters. The Hall–Kier alpha value is -2.37. The van der Waals surface area contributed by atoms with E-state index in [0.717, 1.165) is 33.5 Å². The first-order valence-corrected chi connectivity index (χ1v) is 8.99. The number of hydrogen-bond donors (Lipinski definition) is 2. The van der Waals surface area contributed by atoms with Gasteiger partial charge < -0.3 is 14.8 Å². The molecule has 2 heterocycles. The number of benzene rings is 2. The number of phenolic OH excluding ortho intramolecular Hbond substituents is 1. The Morgan fingerprint density at radius 3 is 2.68 bits per heavy atom. The summed E-state index contributed by atoms with van der Waals surface area (Å²) in [6.45, 7) is 0. The molecule has 25 heavy (non-hydrogen) atoms. The van der Waals surface area contributed by atoms with Gasteiger partial charge in [0.1, 0.15) is 11.8 Å². The fourth-order valence-corrected chi connectivity index (χ4v) is 3.62. The summed E-state index contributed by atoms with van der Waals surface area (Å²) in [7, 11) is 0. The summed E-state index contributed by atoms with van der Waals surface area (Å²) in [5.74, 6) is 1.12. The quantitative estimate of drug-likeness (QED) is 0.702. The molecule has 2 aromatic carbocycles. The van der Waals surface area contributed by atoms with Crippen molar-refractivity contribution in [3.63, 3.8) is 0 Å². The lowest BCUT2D eigenvalue weighted by molar-refractivity contribution is -0.736. The fourth-order valence-electron chi connectivity index (χ4n) is 3.24. The van der Waals surface area contributed by atoms with Gasteiger partial charge in [-0.3, -0.25) is 0 Å². The van der Waals surface area contributed by atoms with Crippen molar-refractivity contribution in [2.75, 3.05) is 0 Å². The van der Waals surface area contributed by atoms with Crippen LogP contribution < -0.4 is 5.32 Å². The van der Waals surface area contributed by atoms with Crippen molar-refractivity contribution in [2.45, 2.75) is 18.6 Å². The first kappa shape index (κ1) is 16.1. The Bertz CT molecular complexity index is 891. The molecule has 126 valence electrons. The molecular weight excluding hydrogens is 380 g/mol. The van der Waals surface area contributed by atoms with Gasteiger partial charge in [-0.15, -0.1) is 0 Å². The van der Waals surface area contributed by atoms with E-state index in [0.29, 0.717) is 5.75 Å². The predicted octanol–water partition coefficient (Wildman–Crippen LogP) is 3.94. The summed E-state index contributed by atoms with van der Waals surface area (Å²) in [6, 6.07) is 19.6. The monoisotopic (exact) mass is 397 g/mol. The maximum atomic E-state index is 10.4. The number of aliphatic imine (C=N–C) groups is 1. The van der Waals surface area contributed by atoms with Crippen LogP contribution in [-0.4, -0.2) is 10.8 Å². The van der Waals surface area contributed by atoms with Crippen molar-refractivity contribution in [3.05, 3.63) is 88.3 Å². The Kier molecular flexibility index (Phi) is 4.42. The third-order valence-electron chi connectivity index (χ3n) is 4.45. The maximum absolute atomic E-state index is 10.4. The average Bonchev–Trinajstić information content (AvgIpc) is 3.19. The number of phenols is 1. The van der Waals surface area contributed by atoms with Crippen LogP contribution in [0.4, 0.5) is 0 Å². The third kappa shape index (κ3) is 3.38. The van der Waals surface area contributed by atoms with Gasteiger partial charge >= 0.3 is 0 Å². The Labute approximate surface area is 154 Å². The van der Waals surface area contributed by atoms with E-state index in [2.05, 4.69) is 33.4 Å². The van der Waals surface area contributed by atoms with Crippen LogP contribution in [-0.2, 0) is 0 Å². The minimum Gasteiger partial charge on any atom is -0.507 e. The molecule has 0 aliphatic carbocycles. The van der Waals surface area contributed by atoms with Crippen LogP contribution in [0.1, 0.15) is 35.5 Å². The number of nitrogens with two attached hydrogens (primary N) is 1. The second-order valence-corrected chi connectivity index (χ2v) is 7.02. The molecule has 4 nitrogen and oxygen atoms in total. The maximum Gasteiger partial charge on any atom is 0.239 e. The van der Waals surface area contributed by atoms with E-state index in [9.17, 15) is 5.11 Å². The molecule has 1 aliphatic heterocycles. The minimum atomic E-state index is -0.165. The number of aromatic hydroxyl groups is 1. The van der Waals surface area contributed by atoms with Crippen molar-refractivity contribution < 1.29 is 14.8 Å². The molecule has 0 saturated heterocycles. The van der Waals surface area contributed by atoms with E-state index >= 15 is 0 Å². The zero-order valence-corrected chi connectivity index (χ0v) is 15.1. The standard InChI is InChI=1S/C20H17BrN2O2/c21-14-8-9-18(24)15(11-14)17-12-16(13-5-2-1-3-6-13)22-20(23-17)19-7-4-10-25-19/h1-11,17,20,23-24H,12H2/p+1/t17-,20+/m1/s1. The van der Waals surface area contributed by atoms with Crippen molar-refractivity contribution in [2.24, 2.45) is 4.99 Å². The molecule has 0 spiro atoms. The summed E-state index contributed by atoms with van der Waals surface area (Å²) in [5, 5.41) is 12.5. The number of furan rings is 1. The Balaban J connectivity index is 1.75. The second-order valence-electron chi connectivity index (χ2n) is 6.11. The molecule has 0 fully saturated rings. The first-order valence-electron chi connectivity index (χ1n) is 8.19. The molecule has 3 N–H and O–H groups in total. The highest BCUT2D eigenvalue weighted by molar-refractivity contribution is 9.10. The molecule has 1 aromatic heterocycles. The molecule has 0 amide bonds. The topological polar surface area (TPSA) is 62.3 Å². The van der Waals surface area contributed by atoms with Gasteiger partial charge in [0.05, 0.1) is 17.5 Å². The van der Waals surface area contributed by atoms with E-state index in [1.54, 1.807) is 12.3 Å². The van der Waals surface area contributed by atoms with Crippen LogP contribution in [0.5, 0.6) is 5.75 Å². The lowest BCUT2D eigenvalue weighted by atomic mass is 9.94. The number of hydrogen-bond acceptors (Lipinski definition) is 3. The highest BCUT2D eigenvalue weighted by Gasteiger charge is 2.32. The zero-order chi connectivity index (χ0) is 17.2. The van der Waals surface area contributed by atoms with Crippen LogP contribution in [0.15, 0.2) is 80.8 Å². The van der Waals surface area contributed by atoms with Gasteiger partial charge in [0, 0.05) is 10.9 Å². The highest BCUT2D eigenvalue weighted by Crippen LogP contribution is 2.31. The van der Waals surface area contributed by atoms with Gasteiger partial charge in [0.25, 0.3) is 0 Å². The summed E-state index contributed by atoms with van der Waals surface area (Å²) >= 11 is 3.50. The van der Waals surface area contributed by atoms with E-state index in [1.807, 2.05) is 42.5 Å². The fraction of sp³-hybridized carbons (Fsp3) is 0.150. The average molecular weight is 398 g/mol. The Morgan fingerprint density at radius 1 is 1.08 bits per heavy atom. The predicted molar refractivity (Wildman–Crippen MR) is 99.5 cm³/mol. The van der Waals surface area contributed by atoms with Crippen LogP contribution in [0.25, 0.3) is 0 Å². The van der Waals surface area contributed by atoms with Crippen LogP contribution >= 0.6 is 15.9 Å². The van der Waals surface area contributed by atoms with Gasteiger partial charge in [-0.25, -0.2) is 4.99 Å². The van der Waals surface area contributed by atoms with Crippen LogP contribution in [0.3, 0.4) is 0 Å². The van der Waals surface area contributed by atoms with Gasteiger partial charge in [-0.2, -0.15) is 0 Å². The second kappa shape index (κ2) is 6.86. The summed E-state index contributed by atoms with van der Waals surface area (Å²) in [4.78, 5) is 4.90. The Morgan fingerprint density at radius 2 is 1.92 bits per heavy atom. The molecular formula is C20H18BrN2O2+. The van der Waals surface area contributed by atoms with Crippen molar-refractivity contribution >= 4 is 21.6 Å². The number of halogens is 1. The normalized spacial score (nSPS) is 20.3. The van der Waals surface area contributed by atoms with Gasteiger partial charge in [0.2, 0.25) is 6.17 Å². The third-order valence-corrected chi connectivity index (χ3v) is 4.95. The molecule has 0 unspecified atom stereocenters. The summed E-state index contributed by atoms with van der Waals surface area (Å²) < 4.78 is 6.54. The smallest absolute Gasteiger partial charge is 0.239 e. The molecule has 0 radical (unpaired) electrons. The molecule has 0 bridgehead atoms. The molecule has 3 aromatic rings.